The van der Waals surface area contributed by atoms with E-state index in [9.17, 15) is 189 Å². The van der Waals surface area contributed by atoms with Crippen molar-refractivity contribution in [1.29, 1.82) is 0 Å². The Kier molecular flexibility index (Phi) is 14.9. The standard InChI is InChI=1S/C20HF42O4P/c21-1(22,5(29,30)9(37,38)13(45,46)17(51,52)53)3(25,26)7(33,34)11(41,42)15(49,19(57,58)59)65-67(63,64)66-16(50,20(60,61)62)12(43,44)8(35,36)4(27,28)2(23,24)6(31,32)10(39,40)14(47,48)18(54,55)56/h(H,63,64). The predicted octanol–water partition coefficient (Wildman–Crippen LogP) is 13.6. The number of phosphoric acid groups is 1. The summed E-state index contributed by atoms with van der Waals surface area (Å²) in [5, 5.41) is 0. The monoisotopic (exact) mass is 1130 g/mol. The molecule has 0 aliphatic heterocycles. The van der Waals surface area contributed by atoms with E-state index in [-0.39, 0.29) is 0 Å². The van der Waals surface area contributed by atoms with Crippen LogP contribution in [-0.2, 0) is 13.6 Å². The van der Waals surface area contributed by atoms with Gasteiger partial charge >= 0.3 is 127 Å². The van der Waals surface area contributed by atoms with Crippen LogP contribution in [0.1, 0.15) is 0 Å². The molecule has 0 aromatic rings. The van der Waals surface area contributed by atoms with Crippen molar-refractivity contribution in [1.82, 2.24) is 0 Å². The van der Waals surface area contributed by atoms with Crippen LogP contribution in [0.2, 0.25) is 0 Å². The molecule has 1 N–H and O–H groups in total. The van der Waals surface area contributed by atoms with Crippen molar-refractivity contribution < 1.29 is 203 Å². The SMILES string of the molecule is O=P(O)(OC(F)(C(F)(F)F)C(F)(F)C(F)(F)C(F)(F)C(F)(F)C(F)(F)C(F)(F)C(F)(F)C(F)(F)F)OC(F)(C(F)(F)F)C(F)(F)C(F)(F)C(F)(F)C(F)(F)C(F)(F)C(F)(F)C(F)(F)C(F)(F)F. The van der Waals surface area contributed by atoms with Crippen LogP contribution < -0.4 is 0 Å². The van der Waals surface area contributed by atoms with Gasteiger partial charge in [0, 0.05) is 0 Å². The zero-order chi connectivity index (χ0) is 55.9. The lowest BCUT2D eigenvalue weighted by Crippen LogP contribution is -2.77. The molecule has 0 rings (SSSR count). The Bertz CT molecular complexity index is 1720. The van der Waals surface area contributed by atoms with Gasteiger partial charge in [-0.2, -0.15) is 184 Å². The second-order valence-electron chi connectivity index (χ2n) is 11.9. The molecule has 2 unspecified atom stereocenters. The van der Waals surface area contributed by atoms with Gasteiger partial charge in [-0.1, -0.05) is 0 Å². The Morgan fingerprint density at radius 2 is 0.328 bits per heavy atom. The second-order valence-corrected chi connectivity index (χ2v) is 13.2. The van der Waals surface area contributed by atoms with Gasteiger partial charge in [-0.05, 0) is 0 Å². The van der Waals surface area contributed by atoms with E-state index in [0.717, 1.165) is 9.05 Å². The summed E-state index contributed by atoms with van der Waals surface area (Å²) in [6.07, 6.45) is -35.9. The van der Waals surface area contributed by atoms with E-state index in [0.29, 0.717) is 0 Å². The van der Waals surface area contributed by atoms with E-state index < -0.39 is 127 Å². The Morgan fingerprint density at radius 3 is 0.448 bits per heavy atom. The number of rotatable bonds is 18. The summed E-state index contributed by atoms with van der Waals surface area (Å²) < 4.78 is 578. The summed E-state index contributed by atoms with van der Waals surface area (Å²) in [7, 11) is -10.5. The quantitative estimate of drug-likeness (QED) is 0.110. The molecule has 0 saturated carbocycles. The number of hydrogen-bond donors (Lipinski definition) is 1. The topological polar surface area (TPSA) is 55.8 Å². The van der Waals surface area contributed by atoms with E-state index in [1.54, 1.807) is 0 Å². The van der Waals surface area contributed by atoms with Crippen molar-refractivity contribution in [3.8, 4) is 0 Å². The lowest BCUT2D eigenvalue weighted by atomic mass is 9.87. The van der Waals surface area contributed by atoms with Crippen LogP contribution >= 0.6 is 7.82 Å². The van der Waals surface area contributed by atoms with Crippen LogP contribution in [-0.4, -0.2) is 124 Å². The molecule has 0 spiro atoms. The van der Waals surface area contributed by atoms with Gasteiger partial charge in [0.25, 0.3) is 0 Å². The highest BCUT2D eigenvalue weighted by atomic mass is 31.2. The van der Waals surface area contributed by atoms with Crippen molar-refractivity contribution in [2.75, 3.05) is 0 Å². The molecule has 0 aliphatic rings. The molecule has 4 nitrogen and oxygen atoms in total. The van der Waals surface area contributed by atoms with Crippen LogP contribution in [0.4, 0.5) is 184 Å². The number of alkyl halides is 42. The Balaban J connectivity index is 8.19. The molecule has 0 heterocycles. The van der Waals surface area contributed by atoms with Gasteiger partial charge in [0.15, 0.2) is 0 Å². The Morgan fingerprint density at radius 1 is 0.209 bits per heavy atom. The third-order valence-electron chi connectivity index (χ3n) is 7.46. The van der Waals surface area contributed by atoms with Gasteiger partial charge in [0.05, 0.1) is 0 Å². The zero-order valence-electron chi connectivity index (χ0n) is 28.0. The highest BCUT2D eigenvalue weighted by molar-refractivity contribution is 7.47. The molecule has 0 amide bonds. The predicted molar refractivity (Wildman–Crippen MR) is 113 cm³/mol. The molecular weight excluding hydrogens is 1130 g/mol. The van der Waals surface area contributed by atoms with E-state index >= 15 is 0 Å². The first kappa shape index (κ1) is 64.2. The van der Waals surface area contributed by atoms with Crippen LogP contribution in [0.3, 0.4) is 0 Å². The van der Waals surface area contributed by atoms with Crippen LogP contribution in [0.25, 0.3) is 0 Å². The third-order valence-corrected chi connectivity index (χ3v) is 8.43. The second kappa shape index (κ2) is 15.6. The maximum absolute atomic E-state index is 14.6. The van der Waals surface area contributed by atoms with E-state index in [1.165, 1.54) is 0 Å². The van der Waals surface area contributed by atoms with Crippen LogP contribution in [0.5, 0.6) is 0 Å². The highest BCUT2D eigenvalue weighted by Gasteiger charge is 3.01. The molecular formula is C20HF42O4P. The first-order valence-electron chi connectivity index (χ1n) is 13.6. The molecule has 0 aromatic heterocycles. The lowest BCUT2D eigenvalue weighted by Gasteiger charge is -2.46. The van der Waals surface area contributed by atoms with Crippen molar-refractivity contribution in [3.63, 3.8) is 0 Å². The van der Waals surface area contributed by atoms with Gasteiger partial charge in [0.2, 0.25) is 0 Å². The molecule has 0 radical (unpaired) electrons. The highest BCUT2D eigenvalue weighted by Crippen LogP contribution is 2.72. The number of halogens is 42. The van der Waals surface area contributed by atoms with Gasteiger partial charge in [-0.15, -0.1) is 0 Å². The maximum Gasteiger partial charge on any atom is 0.478 e. The van der Waals surface area contributed by atoms with Gasteiger partial charge in [-0.3, -0.25) is 0 Å². The molecule has 0 aliphatic carbocycles. The maximum atomic E-state index is 14.6. The summed E-state index contributed by atoms with van der Waals surface area (Å²) >= 11 is 0. The number of hydrogen-bond acceptors (Lipinski definition) is 3. The minimum atomic E-state index is -10.5. The van der Waals surface area contributed by atoms with E-state index in [4.69, 9.17) is 4.89 Å². The summed E-state index contributed by atoms with van der Waals surface area (Å²) in [5.74, 6) is -159. The molecule has 0 aromatic carbocycles. The minimum Gasteiger partial charge on any atom is -0.302 e. The van der Waals surface area contributed by atoms with Crippen molar-refractivity contribution >= 4 is 7.82 Å². The summed E-state index contributed by atoms with van der Waals surface area (Å²) in [4.78, 5) is 8.68. The average Bonchev–Trinajstić information content (AvgIpc) is 3.04. The Labute approximate surface area is 331 Å². The van der Waals surface area contributed by atoms with Crippen molar-refractivity contribution in [2.24, 2.45) is 0 Å². The van der Waals surface area contributed by atoms with E-state index in [2.05, 4.69) is 0 Å². The van der Waals surface area contributed by atoms with E-state index in [1.807, 2.05) is 0 Å². The fourth-order valence-electron chi connectivity index (χ4n) is 3.64. The molecule has 404 valence electrons. The molecule has 47 heteroatoms. The Hall–Kier alpha value is -2.83. The zero-order valence-corrected chi connectivity index (χ0v) is 28.9. The summed E-state index contributed by atoms with van der Waals surface area (Å²) in [5.41, 5.74) is 0. The molecule has 0 bridgehead atoms. The van der Waals surface area contributed by atoms with Crippen molar-refractivity contribution in [2.45, 2.75) is 119 Å². The van der Waals surface area contributed by atoms with Crippen molar-refractivity contribution in [3.05, 3.63) is 0 Å². The summed E-state index contributed by atoms with van der Waals surface area (Å²) in [6, 6.07) is 0. The largest absolute Gasteiger partial charge is 0.478 e. The first-order chi connectivity index (χ1) is 27.9. The fraction of sp³-hybridized carbons (Fsp3) is 1.00. The van der Waals surface area contributed by atoms with Gasteiger partial charge in [-0.25, -0.2) is 13.6 Å². The molecule has 2 atom stereocenters. The average molecular weight is 1130 g/mol. The molecule has 67 heavy (non-hydrogen) atoms. The summed E-state index contributed by atoms with van der Waals surface area (Å²) in [6.45, 7) is 0. The smallest absolute Gasteiger partial charge is 0.302 e. The third kappa shape index (κ3) is 8.07. The molecule has 0 saturated heterocycles. The number of phosphoric ester groups is 1. The van der Waals surface area contributed by atoms with Gasteiger partial charge < -0.3 is 4.89 Å². The van der Waals surface area contributed by atoms with Crippen LogP contribution in [0, 0.1) is 0 Å². The molecule has 0 fully saturated rings. The lowest BCUT2D eigenvalue weighted by molar-refractivity contribution is -0.487. The van der Waals surface area contributed by atoms with Gasteiger partial charge in [0.1, 0.15) is 0 Å². The fourth-order valence-corrected chi connectivity index (χ4v) is 4.75. The normalized spacial score (nSPS) is 19.5. The first-order valence-corrected chi connectivity index (χ1v) is 15.1. The minimum absolute atomic E-state index is 0.842. The van der Waals surface area contributed by atoms with Crippen LogP contribution in [0.15, 0.2) is 0 Å².